The molecule has 1 aromatic carbocycles. The number of hydrogen-bond donors (Lipinski definition) is 1. The molecule has 0 saturated carbocycles. The fraction of sp³-hybridized carbons (Fsp3) is 0.647. The molecule has 1 N–H and O–H groups in total. The highest BCUT2D eigenvalue weighted by atomic mass is 79.9. The Morgan fingerprint density at radius 3 is 2.21 bits per heavy atom. The molecule has 1 nitrogen and oxygen atoms in total. The summed E-state index contributed by atoms with van der Waals surface area (Å²) < 4.78 is 1.15. The van der Waals surface area contributed by atoms with Crippen molar-refractivity contribution in [2.24, 2.45) is 5.92 Å². The molecule has 0 aliphatic carbocycles. The van der Waals surface area contributed by atoms with Gasteiger partial charge in [-0.1, -0.05) is 61.7 Å². The minimum Gasteiger partial charge on any atom is -0.307 e. The van der Waals surface area contributed by atoms with Crippen LogP contribution in [0.15, 0.2) is 28.7 Å². The number of halogens is 1. The van der Waals surface area contributed by atoms with Crippen molar-refractivity contribution in [2.45, 2.75) is 65.5 Å². The Hall–Kier alpha value is -0.340. The Morgan fingerprint density at radius 1 is 1.05 bits per heavy atom. The molecule has 0 radical (unpaired) electrons. The third-order valence-corrected chi connectivity index (χ3v) is 4.11. The van der Waals surface area contributed by atoms with E-state index in [0.717, 1.165) is 16.8 Å². The van der Waals surface area contributed by atoms with Crippen LogP contribution in [0.5, 0.6) is 0 Å². The second-order valence-electron chi connectivity index (χ2n) is 5.90. The highest BCUT2D eigenvalue weighted by Crippen LogP contribution is 2.21. The number of hydrogen-bond acceptors (Lipinski definition) is 1. The average Bonchev–Trinajstić information content (AvgIpc) is 2.36. The van der Waals surface area contributed by atoms with Gasteiger partial charge in [-0.25, -0.2) is 0 Å². The summed E-state index contributed by atoms with van der Waals surface area (Å²) in [5, 5.41) is 3.76. The van der Waals surface area contributed by atoms with E-state index in [1.807, 2.05) is 0 Å². The molecular formula is C17H28BrN. The van der Waals surface area contributed by atoms with Crippen molar-refractivity contribution < 1.29 is 0 Å². The largest absolute Gasteiger partial charge is 0.307 e. The lowest BCUT2D eigenvalue weighted by atomic mass is 10.0. The van der Waals surface area contributed by atoms with Gasteiger partial charge in [0.05, 0.1) is 0 Å². The summed E-state index contributed by atoms with van der Waals surface area (Å²) in [7, 11) is 0. The quantitative estimate of drug-likeness (QED) is 0.646. The van der Waals surface area contributed by atoms with Crippen molar-refractivity contribution >= 4 is 15.9 Å². The number of rotatable bonds is 8. The molecule has 108 valence electrons. The molecule has 0 aromatic heterocycles. The maximum atomic E-state index is 3.76. The third kappa shape index (κ3) is 6.58. The summed E-state index contributed by atoms with van der Waals surface area (Å²) in [4.78, 5) is 0. The van der Waals surface area contributed by atoms with E-state index in [0.29, 0.717) is 12.1 Å². The van der Waals surface area contributed by atoms with Crippen LogP contribution in [0.3, 0.4) is 0 Å². The molecular weight excluding hydrogens is 298 g/mol. The molecule has 0 fully saturated rings. The zero-order chi connectivity index (χ0) is 14.3. The molecule has 1 rings (SSSR count). The average molecular weight is 326 g/mol. The SMILES string of the molecule is CCC(NC(C)CCCC(C)C)c1ccc(Br)cc1. The Balaban J connectivity index is 2.45. The maximum Gasteiger partial charge on any atom is 0.0319 e. The van der Waals surface area contributed by atoms with E-state index in [1.165, 1.54) is 24.8 Å². The van der Waals surface area contributed by atoms with E-state index in [-0.39, 0.29) is 0 Å². The normalized spacial score (nSPS) is 14.6. The minimum atomic E-state index is 0.474. The molecule has 2 unspecified atom stereocenters. The summed E-state index contributed by atoms with van der Waals surface area (Å²) in [6.07, 6.45) is 5.06. The van der Waals surface area contributed by atoms with Crippen LogP contribution in [0, 0.1) is 5.92 Å². The zero-order valence-electron chi connectivity index (χ0n) is 12.7. The van der Waals surface area contributed by atoms with Crippen LogP contribution in [0.4, 0.5) is 0 Å². The first-order chi connectivity index (χ1) is 9.02. The number of nitrogens with one attached hydrogen (secondary N) is 1. The van der Waals surface area contributed by atoms with E-state index in [9.17, 15) is 0 Å². The predicted octanol–water partition coefficient (Wildman–Crippen LogP) is 5.70. The molecule has 0 saturated heterocycles. The second kappa shape index (κ2) is 8.76. The molecule has 0 aliphatic heterocycles. The predicted molar refractivity (Wildman–Crippen MR) is 88.5 cm³/mol. The van der Waals surface area contributed by atoms with Gasteiger partial charge >= 0.3 is 0 Å². The van der Waals surface area contributed by atoms with Crippen LogP contribution in [-0.2, 0) is 0 Å². The highest BCUT2D eigenvalue weighted by molar-refractivity contribution is 9.10. The highest BCUT2D eigenvalue weighted by Gasteiger charge is 2.12. The van der Waals surface area contributed by atoms with Gasteiger partial charge in [0, 0.05) is 16.6 Å². The van der Waals surface area contributed by atoms with Gasteiger partial charge in [-0.05, 0) is 43.4 Å². The van der Waals surface area contributed by atoms with Crippen molar-refractivity contribution in [3.05, 3.63) is 34.3 Å². The lowest BCUT2D eigenvalue weighted by molar-refractivity contribution is 0.404. The van der Waals surface area contributed by atoms with Gasteiger partial charge in [0.1, 0.15) is 0 Å². The fourth-order valence-electron chi connectivity index (χ4n) is 2.40. The topological polar surface area (TPSA) is 12.0 Å². The van der Waals surface area contributed by atoms with Gasteiger partial charge in [0.25, 0.3) is 0 Å². The Kier molecular flexibility index (Phi) is 7.70. The van der Waals surface area contributed by atoms with Crippen molar-refractivity contribution in [1.29, 1.82) is 0 Å². The van der Waals surface area contributed by atoms with Gasteiger partial charge < -0.3 is 5.32 Å². The fourth-order valence-corrected chi connectivity index (χ4v) is 2.67. The van der Waals surface area contributed by atoms with Gasteiger partial charge in [-0.3, -0.25) is 0 Å². The van der Waals surface area contributed by atoms with E-state index < -0.39 is 0 Å². The monoisotopic (exact) mass is 325 g/mol. The lowest BCUT2D eigenvalue weighted by Gasteiger charge is -2.23. The van der Waals surface area contributed by atoms with Crippen molar-refractivity contribution in [3.8, 4) is 0 Å². The van der Waals surface area contributed by atoms with Crippen LogP contribution in [0.1, 0.15) is 65.0 Å². The van der Waals surface area contributed by atoms with Crippen molar-refractivity contribution in [1.82, 2.24) is 5.32 Å². The van der Waals surface area contributed by atoms with Crippen molar-refractivity contribution in [2.75, 3.05) is 0 Å². The van der Waals surface area contributed by atoms with Crippen molar-refractivity contribution in [3.63, 3.8) is 0 Å². The summed E-state index contributed by atoms with van der Waals surface area (Å²) in [6.45, 7) is 9.16. The Bertz CT molecular complexity index is 345. The van der Waals surface area contributed by atoms with Crippen LogP contribution >= 0.6 is 15.9 Å². The minimum absolute atomic E-state index is 0.474. The maximum absolute atomic E-state index is 3.76. The first kappa shape index (κ1) is 16.7. The molecule has 0 aliphatic rings. The van der Waals surface area contributed by atoms with E-state index in [1.54, 1.807) is 0 Å². The summed E-state index contributed by atoms with van der Waals surface area (Å²) in [5.41, 5.74) is 1.39. The molecule has 0 spiro atoms. The Labute approximate surface area is 127 Å². The van der Waals surface area contributed by atoms with Crippen LogP contribution in [0.2, 0.25) is 0 Å². The smallest absolute Gasteiger partial charge is 0.0319 e. The lowest BCUT2D eigenvalue weighted by Crippen LogP contribution is -2.30. The molecule has 0 amide bonds. The standard InChI is InChI=1S/C17H28BrN/c1-5-17(15-9-11-16(18)12-10-15)19-14(4)8-6-7-13(2)3/h9-14,17,19H,5-8H2,1-4H3. The zero-order valence-corrected chi connectivity index (χ0v) is 14.3. The van der Waals surface area contributed by atoms with Crippen LogP contribution in [0.25, 0.3) is 0 Å². The first-order valence-electron chi connectivity index (χ1n) is 7.54. The van der Waals surface area contributed by atoms with Gasteiger partial charge in [-0.2, -0.15) is 0 Å². The Morgan fingerprint density at radius 2 is 1.68 bits per heavy atom. The number of benzene rings is 1. The van der Waals surface area contributed by atoms with E-state index >= 15 is 0 Å². The third-order valence-electron chi connectivity index (χ3n) is 3.58. The second-order valence-corrected chi connectivity index (χ2v) is 6.82. The van der Waals surface area contributed by atoms with E-state index in [2.05, 4.69) is 73.2 Å². The molecule has 2 heteroatoms. The van der Waals surface area contributed by atoms with Gasteiger partial charge in [-0.15, -0.1) is 0 Å². The van der Waals surface area contributed by atoms with Crippen LogP contribution < -0.4 is 5.32 Å². The van der Waals surface area contributed by atoms with Gasteiger partial charge in [0.15, 0.2) is 0 Å². The summed E-state index contributed by atoms with van der Waals surface area (Å²) in [5.74, 6) is 0.820. The van der Waals surface area contributed by atoms with E-state index in [4.69, 9.17) is 0 Å². The molecule has 0 bridgehead atoms. The first-order valence-corrected chi connectivity index (χ1v) is 8.33. The molecule has 19 heavy (non-hydrogen) atoms. The summed E-state index contributed by atoms with van der Waals surface area (Å²) >= 11 is 3.49. The molecule has 0 heterocycles. The molecule has 2 atom stereocenters. The summed E-state index contributed by atoms with van der Waals surface area (Å²) in [6, 6.07) is 9.75. The molecule has 1 aromatic rings. The van der Waals surface area contributed by atoms with Gasteiger partial charge in [0.2, 0.25) is 0 Å². The van der Waals surface area contributed by atoms with Crippen LogP contribution in [-0.4, -0.2) is 6.04 Å².